The fourth-order valence-electron chi connectivity index (χ4n) is 3.20. The molecule has 0 radical (unpaired) electrons. The van der Waals surface area contributed by atoms with Gasteiger partial charge in [0.2, 0.25) is 0 Å². The van der Waals surface area contributed by atoms with Gasteiger partial charge in [-0.15, -0.1) is 11.3 Å². The number of hydrogen-bond donors (Lipinski definition) is 0. The van der Waals surface area contributed by atoms with Crippen molar-refractivity contribution in [3.05, 3.63) is 51.5 Å². The van der Waals surface area contributed by atoms with Crippen LogP contribution in [0.15, 0.2) is 29.8 Å². The van der Waals surface area contributed by atoms with Crippen LogP contribution in [0, 0.1) is 6.92 Å². The van der Waals surface area contributed by atoms with Gasteiger partial charge in [-0.3, -0.25) is 4.79 Å². The highest BCUT2D eigenvalue weighted by molar-refractivity contribution is 7.11. The lowest BCUT2D eigenvalue weighted by molar-refractivity contribution is 0.0739. The lowest BCUT2D eigenvalue weighted by atomic mass is 9.86. The lowest BCUT2D eigenvalue weighted by Crippen LogP contribution is -2.30. The zero-order chi connectivity index (χ0) is 16.6. The molecule has 1 aromatic heterocycles. The maximum atomic E-state index is 12.8. The summed E-state index contributed by atoms with van der Waals surface area (Å²) in [6.07, 6.45) is 2.10. The van der Waals surface area contributed by atoms with Crippen molar-refractivity contribution in [3.8, 4) is 0 Å². The first-order valence-electron chi connectivity index (χ1n) is 8.19. The van der Waals surface area contributed by atoms with Gasteiger partial charge in [0, 0.05) is 6.54 Å². The number of rotatable bonds is 2. The van der Waals surface area contributed by atoms with Crippen molar-refractivity contribution in [1.29, 1.82) is 0 Å². The first-order chi connectivity index (χ1) is 10.9. The zero-order valence-corrected chi connectivity index (χ0v) is 15.1. The maximum Gasteiger partial charge on any atom is 0.266 e. The Hall–Kier alpha value is -1.68. The Morgan fingerprint density at radius 3 is 2.52 bits per heavy atom. The van der Waals surface area contributed by atoms with E-state index in [2.05, 4.69) is 50.0 Å². The molecule has 2 aromatic rings. The van der Waals surface area contributed by atoms with Crippen LogP contribution in [0.3, 0.4) is 0 Å². The number of carbonyl (C=O) groups excluding carboxylic acids is 1. The van der Waals surface area contributed by atoms with E-state index >= 15 is 0 Å². The van der Waals surface area contributed by atoms with Gasteiger partial charge in [-0.05, 0) is 36.3 Å². The van der Waals surface area contributed by atoms with Crippen molar-refractivity contribution in [2.75, 3.05) is 6.54 Å². The first kappa shape index (κ1) is 16.2. The van der Waals surface area contributed by atoms with E-state index in [9.17, 15) is 4.79 Å². The Morgan fingerprint density at radius 2 is 1.96 bits per heavy atom. The number of aromatic nitrogens is 1. The normalized spacial score (nSPS) is 18.4. The number of nitrogens with zero attached hydrogens (tertiary/aromatic N) is 2. The second-order valence-corrected chi connectivity index (χ2v) is 8.15. The van der Waals surface area contributed by atoms with E-state index in [1.165, 1.54) is 22.5 Å². The lowest BCUT2D eigenvalue weighted by Gasteiger charge is -2.26. The molecule has 1 aliphatic heterocycles. The molecule has 2 heterocycles. The third-order valence-electron chi connectivity index (χ3n) is 4.61. The van der Waals surface area contributed by atoms with Gasteiger partial charge < -0.3 is 4.90 Å². The van der Waals surface area contributed by atoms with Crippen LogP contribution < -0.4 is 0 Å². The Labute approximate surface area is 142 Å². The number of benzene rings is 1. The summed E-state index contributed by atoms with van der Waals surface area (Å²) >= 11 is 1.45. The van der Waals surface area contributed by atoms with Crippen LogP contribution in [0.4, 0.5) is 0 Å². The van der Waals surface area contributed by atoms with Crippen LogP contribution in [0.5, 0.6) is 0 Å². The molecule has 0 aliphatic carbocycles. The van der Waals surface area contributed by atoms with Crippen LogP contribution >= 0.6 is 11.3 Å². The molecular formula is C19H24N2OS. The third kappa shape index (κ3) is 3.18. The van der Waals surface area contributed by atoms with Crippen LogP contribution in [-0.4, -0.2) is 22.3 Å². The maximum absolute atomic E-state index is 12.8. The minimum atomic E-state index is 0.132. The van der Waals surface area contributed by atoms with Gasteiger partial charge in [0.05, 0.1) is 17.2 Å². The van der Waals surface area contributed by atoms with Crippen LogP contribution in [-0.2, 0) is 5.41 Å². The monoisotopic (exact) mass is 328 g/mol. The van der Waals surface area contributed by atoms with E-state index in [0.29, 0.717) is 0 Å². The molecule has 1 saturated heterocycles. The zero-order valence-electron chi connectivity index (χ0n) is 14.3. The highest BCUT2D eigenvalue weighted by atomic mass is 32.1. The molecule has 3 rings (SSSR count). The molecule has 1 unspecified atom stereocenters. The number of amides is 1. The standard InChI is InChI=1S/C19H24N2OS/c1-13-17(23-12-20-13)18(22)21-11-5-6-16(21)14-7-9-15(10-8-14)19(2,3)4/h7-10,12,16H,5-6,11H2,1-4H3. The van der Waals surface area contributed by atoms with Gasteiger partial charge in [0.15, 0.2) is 0 Å². The van der Waals surface area contributed by atoms with Crippen molar-refractivity contribution in [3.63, 3.8) is 0 Å². The van der Waals surface area contributed by atoms with Gasteiger partial charge in [-0.25, -0.2) is 4.98 Å². The largest absolute Gasteiger partial charge is 0.331 e. The second kappa shape index (κ2) is 6.08. The Morgan fingerprint density at radius 1 is 1.26 bits per heavy atom. The summed E-state index contributed by atoms with van der Waals surface area (Å²) in [5, 5.41) is 0. The number of aryl methyl sites for hydroxylation is 1. The molecule has 4 heteroatoms. The summed E-state index contributed by atoms with van der Waals surface area (Å²) in [6, 6.07) is 8.98. The summed E-state index contributed by atoms with van der Waals surface area (Å²) in [4.78, 5) is 19.9. The molecule has 0 N–H and O–H groups in total. The van der Waals surface area contributed by atoms with Gasteiger partial charge in [0.25, 0.3) is 5.91 Å². The molecule has 1 atom stereocenters. The Bertz CT molecular complexity index is 697. The van der Waals surface area contributed by atoms with Crippen molar-refractivity contribution in [2.24, 2.45) is 0 Å². The molecular weight excluding hydrogens is 304 g/mol. The highest BCUT2D eigenvalue weighted by Crippen LogP contribution is 2.35. The summed E-state index contributed by atoms with van der Waals surface area (Å²) < 4.78 is 0. The Balaban J connectivity index is 1.84. The SMILES string of the molecule is Cc1ncsc1C(=O)N1CCCC1c1ccc(C(C)(C)C)cc1. The third-order valence-corrected chi connectivity index (χ3v) is 5.53. The van der Waals surface area contributed by atoms with Gasteiger partial charge in [-0.2, -0.15) is 0 Å². The Kier molecular flexibility index (Phi) is 4.28. The van der Waals surface area contributed by atoms with Crippen molar-refractivity contribution in [1.82, 2.24) is 9.88 Å². The van der Waals surface area contributed by atoms with E-state index in [1.807, 2.05) is 11.8 Å². The minimum Gasteiger partial charge on any atom is -0.331 e. The molecule has 1 amide bonds. The highest BCUT2D eigenvalue weighted by Gasteiger charge is 2.32. The number of hydrogen-bond acceptors (Lipinski definition) is 3. The molecule has 1 aliphatic rings. The van der Waals surface area contributed by atoms with E-state index in [4.69, 9.17) is 0 Å². The van der Waals surface area contributed by atoms with Crippen molar-refractivity contribution < 1.29 is 4.79 Å². The fraction of sp³-hybridized carbons (Fsp3) is 0.474. The van der Waals surface area contributed by atoms with Gasteiger partial charge in [-0.1, -0.05) is 45.0 Å². The summed E-state index contributed by atoms with van der Waals surface area (Å²) in [5.74, 6) is 0.132. The molecule has 3 nitrogen and oxygen atoms in total. The second-order valence-electron chi connectivity index (χ2n) is 7.30. The number of likely N-dealkylation sites (tertiary alicyclic amines) is 1. The fourth-order valence-corrected chi connectivity index (χ4v) is 3.96. The van der Waals surface area contributed by atoms with Crippen LogP contribution in [0.25, 0.3) is 0 Å². The summed E-state index contributed by atoms with van der Waals surface area (Å²) in [6.45, 7) is 9.41. The average molecular weight is 328 g/mol. The molecule has 1 aromatic carbocycles. The number of thiazole rings is 1. The molecule has 0 bridgehead atoms. The molecule has 0 spiro atoms. The van der Waals surface area contributed by atoms with E-state index in [0.717, 1.165) is 30.0 Å². The predicted molar refractivity (Wildman–Crippen MR) is 95.0 cm³/mol. The van der Waals surface area contributed by atoms with Gasteiger partial charge in [0.1, 0.15) is 4.88 Å². The minimum absolute atomic E-state index is 0.132. The van der Waals surface area contributed by atoms with Crippen LogP contribution in [0.2, 0.25) is 0 Å². The van der Waals surface area contributed by atoms with Crippen LogP contribution in [0.1, 0.15) is 66.1 Å². The quantitative estimate of drug-likeness (QED) is 0.798. The molecule has 1 fully saturated rings. The smallest absolute Gasteiger partial charge is 0.266 e. The van der Waals surface area contributed by atoms with Crippen molar-refractivity contribution >= 4 is 17.2 Å². The van der Waals surface area contributed by atoms with E-state index in [1.54, 1.807) is 5.51 Å². The average Bonchev–Trinajstić information content (AvgIpc) is 3.14. The van der Waals surface area contributed by atoms with Crippen molar-refractivity contribution in [2.45, 2.75) is 52.0 Å². The topological polar surface area (TPSA) is 33.2 Å². The molecule has 0 saturated carbocycles. The van der Waals surface area contributed by atoms with Gasteiger partial charge >= 0.3 is 0 Å². The number of carbonyl (C=O) groups is 1. The van der Waals surface area contributed by atoms with E-state index in [-0.39, 0.29) is 17.4 Å². The summed E-state index contributed by atoms with van der Waals surface area (Å²) in [7, 11) is 0. The molecule has 122 valence electrons. The predicted octanol–water partition coefficient (Wildman–Crippen LogP) is 4.73. The first-order valence-corrected chi connectivity index (χ1v) is 9.07. The van der Waals surface area contributed by atoms with E-state index < -0.39 is 0 Å². The summed E-state index contributed by atoms with van der Waals surface area (Å²) in [5.41, 5.74) is 5.32. The molecule has 23 heavy (non-hydrogen) atoms.